The van der Waals surface area contributed by atoms with E-state index in [0.717, 1.165) is 32.9 Å². The number of nitrogens with two attached hydrogens (primary N) is 1. The third kappa shape index (κ3) is 5.16. The molecule has 0 aliphatic carbocycles. The molecule has 0 spiro atoms. The molecule has 8 nitrogen and oxygen atoms in total. The molecular formula is C25H26N4O4S. The molecule has 176 valence electrons. The number of para-hydroxylation sites is 2. The van der Waals surface area contributed by atoms with Crippen LogP contribution in [0.2, 0.25) is 0 Å². The average molecular weight is 479 g/mol. The number of amides is 1. The molecule has 0 aliphatic rings. The largest absolute Gasteiger partial charge is 0.390 e. The van der Waals surface area contributed by atoms with Crippen molar-refractivity contribution in [3.05, 3.63) is 72.1 Å². The highest BCUT2D eigenvalue weighted by Crippen LogP contribution is 2.21. The van der Waals surface area contributed by atoms with Gasteiger partial charge in [-0.3, -0.25) is 4.79 Å². The van der Waals surface area contributed by atoms with Crippen LogP contribution in [-0.2, 0) is 32.0 Å². The molecule has 1 unspecified atom stereocenters. The Morgan fingerprint density at radius 2 is 1.44 bits per heavy atom. The molecule has 0 radical (unpaired) electrons. The summed E-state index contributed by atoms with van der Waals surface area (Å²) in [5.41, 5.74) is 9.54. The standard InChI is InChI=1S/C25H26N4O4S/c1-14(34)23(30)29-22(11-16-13-28-21-9-5-3-7-18(16)21)25(32)33-24(31)19(26)10-15-12-27-20-8-4-2-6-17(15)20/h2-9,12-14,19,22,27-28,34H,10-11,26H2,1H3,(H,29,30)/t14?,19-,22-/m0/s1. The number of ether oxygens (including phenoxy) is 1. The van der Waals surface area contributed by atoms with E-state index < -0.39 is 35.2 Å². The number of benzene rings is 2. The Hall–Kier alpha value is -3.56. The van der Waals surface area contributed by atoms with Crippen molar-refractivity contribution in [2.24, 2.45) is 5.73 Å². The van der Waals surface area contributed by atoms with E-state index in [0.29, 0.717) is 0 Å². The first-order valence-electron chi connectivity index (χ1n) is 10.9. The minimum absolute atomic E-state index is 0.139. The van der Waals surface area contributed by atoms with E-state index >= 15 is 0 Å². The Morgan fingerprint density at radius 3 is 2.00 bits per heavy atom. The molecule has 5 N–H and O–H groups in total. The zero-order valence-electron chi connectivity index (χ0n) is 18.6. The van der Waals surface area contributed by atoms with Gasteiger partial charge in [0.05, 0.1) is 5.25 Å². The summed E-state index contributed by atoms with van der Waals surface area (Å²) >= 11 is 4.13. The Balaban J connectivity index is 1.47. The summed E-state index contributed by atoms with van der Waals surface area (Å²) < 4.78 is 5.11. The van der Waals surface area contributed by atoms with Gasteiger partial charge < -0.3 is 25.8 Å². The van der Waals surface area contributed by atoms with Crippen molar-refractivity contribution >= 4 is 52.3 Å². The first kappa shape index (κ1) is 23.6. The van der Waals surface area contributed by atoms with Crippen LogP contribution in [0.25, 0.3) is 21.8 Å². The molecule has 2 heterocycles. The lowest BCUT2D eigenvalue weighted by Crippen LogP contribution is -2.47. The van der Waals surface area contributed by atoms with Crippen LogP contribution < -0.4 is 11.1 Å². The van der Waals surface area contributed by atoms with Crippen molar-refractivity contribution in [1.82, 2.24) is 15.3 Å². The topological polar surface area (TPSA) is 130 Å². The third-order valence-electron chi connectivity index (χ3n) is 5.70. The van der Waals surface area contributed by atoms with Crippen LogP contribution in [0.5, 0.6) is 0 Å². The second kappa shape index (κ2) is 10.1. The predicted molar refractivity (Wildman–Crippen MR) is 133 cm³/mol. The quantitative estimate of drug-likeness (QED) is 0.151. The van der Waals surface area contributed by atoms with Gasteiger partial charge in [0, 0.05) is 47.0 Å². The lowest BCUT2D eigenvalue weighted by molar-refractivity contribution is -0.162. The van der Waals surface area contributed by atoms with Crippen molar-refractivity contribution in [2.75, 3.05) is 0 Å². The van der Waals surface area contributed by atoms with Crippen LogP contribution in [-0.4, -0.2) is 45.1 Å². The summed E-state index contributed by atoms with van der Waals surface area (Å²) in [6.45, 7) is 1.59. The molecule has 2 aromatic carbocycles. The fourth-order valence-electron chi connectivity index (χ4n) is 3.87. The van der Waals surface area contributed by atoms with Crippen LogP contribution in [0.1, 0.15) is 18.1 Å². The van der Waals surface area contributed by atoms with Crippen molar-refractivity contribution in [1.29, 1.82) is 0 Å². The Kier molecular flexibility index (Phi) is 7.04. The molecule has 0 aliphatic heterocycles. The molecule has 4 aromatic rings. The molecule has 0 saturated heterocycles. The van der Waals surface area contributed by atoms with E-state index in [4.69, 9.17) is 10.5 Å². The van der Waals surface area contributed by atoms with E-state index in [1.165, 1.54) is 0 Å². The lowest BCUT2D eigenvalue weighted by Gasteiger charge is -2.19. The van der Waals surface area contributed by atoms with E-state index in [1.807, 2.05) is 48.5 Å². The number of aromatic amines is 2. The number of rotatable bonds is 8. The summed E-state index contributed by atoms with van der Waals surface area (Å²) in [5.74, 6) is -2.17. The van der Waals surface area contributed by atoms with Gasteiger partial charge in [0.15, 0.2) is 0 Å². The molecule has 0 saturated carbocycles. The van der Waals surface area contributed by atoms with Gasteiger partial charge in [-0.25, -0.2) is 9.59 Å². The molecule has 3 atom stereocenters. The normalized spacial score (nSPS) is 14.0. The minimum atomic E-state index is -1.08. The van der Waals surface area contributed by atoms with Crippen LogP contribution in [0, 0.1) is 0 Å². The van der Waals surface area contributed by atoms with Crippen molar-refractivity contribution in [3.8, 4) is 0 Å². The summed E-state index contributed by atoms with van der Waals surface area (Å²) in [7, 11) is 0. The highest BCUT2D eigenvalue weighted by molar-refractivity contribution is 7.81. The second-order valence-corrected chi connectivity index (χ2v) is 8.99. The average Bonchev–Trinajstić information content (AvgIpc) is 3.42. The van der Waals surface area contributed by atoms with Crippen molar-refractivity contribution in [3.63, 3.8) is 0 Å². The number of carbonyl (C=O) groups is 3. The highest BCUT2D eigenvalue weighted by atomic mass is 32.1. The van der Waals surface area contributed by atoms with Crippen LogP contribution in [0.15, 0.2) is 60.9 Å². The molecule has 0 bridgehead atoms. The van der Waals surface area contributed by atoms with Crippen LogP contribution in [0.4, 0.5) is 0 Å². The van der Waals surface area contributed by atoms with Crippen molar-refractivity contribution in [2.45, 2.75) is 37.1 Å². The number of H-pyrrole nitrogens is 2. The van der Waals surface area contributed by atoms with E-state index in [-0.39, 0.29) is 12.8 Å². The molecular weight excluding hydrogens is 452 g/mol. The van der Waals surface area contributed by atoms with Crippen LogP contribution in [0.3, 0.4) is 0 Å². The Bertz CT molecular complexity index is 1340. The van der Waals surface area contributed by atoms with E-state index in [9.17, 15) is 14.4 Å². The maximum atomic E-state index is 12.9. The zero-order valence-corrected chi connectivity index (χ0v) is 19.5. The fraction of sp³-hybridized carbons (Fsp3) is 0.240. The predicted octanol–water partition coefficient (Wildman–Crippen LogP) is 2.63. The van der Waals surface area contributed by atoms with Gasteiger partial charge in [-0.2, -0.15) is 12.6 Å². The van der Waals surface area contributed by atoms with Gasteiger partial charge in [0.25, 0.3) is 0 Å². The Labute approximate surface area is 201 Å². The van der Waals surface area contributed by atoms with E-state index in [2.05, 4.69) is 27.9 Å². The molecule has 9 heteroatoms. The monoisotopic (exact) mass is 478 g/mol. The van der Waals surface area contributed by atoms with Gasteiger partial charge in [-0.05, 0) is 30.2 Å². The van der Waals surface area contributed by atoms with E-state index in [1.54, 1.807) is 19.3 Å². The number of hydrogen-bond acceptors (Lipinski definition) is 6. The number of carbonyl (C=O) groups excluding carboxylic acids is 3. The smallest absolute Gasteiger partial charge is 0.336 e. The number of esters is 2. The molecule has 1 amide bonds. The molecule has 4 rings (SSSR count). The van der Waals surface area contributed by atoms with Crippen molar-refractivity contribution < 1.29 is 19.1 Å². The highest BCUT2D eigenvalue weighted by Gasteiger charge is 2.29. The zero-order chi connectivity index (χ0) is 24.2. The van der Waals surface area contributed by atoms with Crippen LogP contribution >= 0.6 is 12.6 Å². The maximum Gasteiger partial charge on any atom is 0.336 e. The summed E-state index contributed by atoms with van der Waals surface area (Å²) in [6.07, 6.45) is 3.89. The summed E-state index contributed by atoms with van der Waals surface area (Å²) in [4.78, 5) is 44.1. The summed E-state index contributed by atoms with van der Waals surface area (Å²) in [6, 6.07) is 13.1. The molecule has 0 fully saturated rings. The van der Waals surface area contributed by atoms with Gasteiger partial charge in [-0.1, -0.05) is 36.4 Å². The SMILES string of the molecule is CC(S)C(=O)N[C@@H](Cc1c[nH]c2ccccc12)C(=O)OC(=O)[C@@H](N)Cc1c[nH]c2ccccc12. The lowest BCUT2D eigenvalue weighted by atomic mass is 10.0. The number of aromatic nitrogens is 2. The van der Waals surface area contributed by atoms with Gasteiger partial charge >= 0.3 is 11.9 Å². The number of thiol groups is 1. The second-order valence-electron chi connectivity index (χ2n) is 8.21. The van der Waals surface area contributed by atoms with Gasteiger partial charge in [0.2, 0.25) is 5.91 Å². The molecule has 2 aromatic heterocycles. The third-order valence-corrected chi connectivity index (χ3v) is 5.93. The number of hydrogen-bond donors (Lipinski definition) is 5. The number of fused-ring (bicyclic) bond motifs is 2. The Morgan fingerprint density at radius 1 is 0.912 bits per heavy atom. The number of nitrogens with one attached hydrogen (secondary N) is 3. The first-order chi connectivity index (χ1) is 16.3. The summed E-state index contributed by atoms with van der Waals surface area (Å²) in [5, 5.41) is 3.85. The maximum absolute atomic E-state index is 12.9. The minimum Gasteiger partial charge on any atom is -0.390 e. The van der Waals surface area contributed by atoms with Gasteiger partial charge in [0.1, 0.15) is 12.1 Å². The molecule has 34 heavy (non-hydrogen) atoms. The first-order valence-corrected chi connectivity index (χ1v) is 11.4. The fourth-order valence-corrected chi connectivity index (χ4v) is 3.95. The van der Waals surface area contributed by atoms with Gasteiger partial charge in [-0.15, -0.1) is 0 Å².